The number of aryl methyl sites for hydroxylation is 1. The van der Waals surface area contributed by atoms with Gasteiger partial charge in [-0.05, 0) is 91.2 Å². The van der Waals surface area contributed by atoms with Gasteiger partial charge in [-0.1, -0.05) is 19.0 Å². The Balaban J connectivity index is 1.80. The van der Waals surface area contributed by atoms with Crippen molar-refractivity contribution in [2.45, 2.75) is 40.7 Å². The number of nitrogens with zero attached hydrogens (tertiary/aromatic N) is 2. The van der Waals surface area contributed by atoms with E-state index in [2.05, 4.69) is 46.6 Å². The Kier molecular flexibility index (Phi) is 6.59. The third-order valence-corrected chi connectivity index (χ3v) is 4.82. The molecule has 0 radical (unpaired) electrons. The highest BCUT2D eigenvalue weighted by Crippen LogP contribution is 2.30. The molecule has 2 aromatic carbocycles. The van der Waals surface area contributed by atoms with E-state index >= 15 is 0 Å². The van der Waals surface area contributed by atoms with E-state index in [1.54, 1.807) is 0 Å². The van der Waals surface area contributed by atoms with E-state index in [4.69, 9.17) is 14.0 Å². The number of ether oxygens (including phenoxy) is 2. The van der Waals surface area contributed by atoms with Gasteiger partial charge < -0.3 is 14.0 Å². The van der Waals surface area contributed by atoms with E-state index in [9.17, 15) is 0 Å². The lowest BCUT2D eigenvalue weighted by atomic mass is 10.1. The molecule has 148 valence electrons. The second-order valence-electron chi connectivity index (χ2n) is 7.42. The Morgan fingerprint density at radius 3 is 2.36 bits per heavy atom. The predicted molar refractivity (Wildman–Crippen MR) is 119 cm³/mol. The second kappa shape index (κ2) is 8.94. The molecule has 0 saturated carbocycles. The predicted octanol–water partition coefficient (Wildman–Crippen LogP) is 6.14. The van der Waals surface area contributed by atoms with Gasteiger partial charge in [-0.15, -0.1) is 0 Å². The third-order valence-electron chi connectivity index (χ3n) is 3.97. The molecule has 0 unspecified atom stereocenters. The van der Waals surface area contributed by atoms with E-state index < -0.39 is 0 Å². The molecular formula is C22H25IN2O3. The van der Waals surface area contributed by atoms with Crippen molar-refractivity contribution in [1.29, 1.82) is 0 Å². The quantitative estimate of drug-likeness (QED) is 0.371. The van der Waals surface area contributed by atoms with Crippen molar-refractivity contribution in [1.82, 2.24) is 10.1 Å². The van der Waals surface area contributed by atoms with Crippen molar-refractivity contribution in [3.8, 4) is 34.3 Å². The van der Waals surface area contributed by atoms with Crippen LogP contribution >= 0.6 is 22.6 Å². The van der Waals surface area contributed by atoms with E-state index in [0.29, 0.717) is 24.2 Å². The van der Waals surface area contributed by atoms with Gasteiger partial charge in [0, 0.05) is 11.1 Å². The molecule has 1 heterocycles. The van der Waals surface area contributed by atoms with Gasteiger partial charge in [-0.25, -0.2) is 0 Å². The summed E-state index contributed by atoms with van der Waals surface area (Å²) in [6.07, 6.45) is 0.131. The zero-order valence-corrected chi connectivity index (χ0v) is 19.0. The van der Waals surface area contributed by atoms with Crippen LogP contribution in [0.5, 0.6) is 11.5 Å². The summed E-state index contributed by atoms with van der Waals surface area (Å²) < 4.78 is 18.1. The lowest BCUT2D eigenvalue weighted by Crippen LogP contribution is -2.06. The Morgan fingerprint density at radius 1 is 1.00 bits per heavy atom. The van der Waals surface area contributed by atoms with Crippen LogP contribution in [0.15, 0.2) is 40.9 Å². The van der Waals surface area contributed by atoms with Crippen LogP contribution in [-0.4, -0.2) is 22.9 Å². The van der Waals surface area contributed by atoms with E-state index in [1.807, 2.05) is 57.2 Å². The molecule has 3 rings (SSSR count). The highest BCUT2D eigenvalue weighted by molar-refractivity contribution is 14.1. The Bertz CT molecular complexity index is 951. The van der Waals surface area contributed by atoms with Gasteiger partial charge >= 0.3 is 0 Å². The van der Waals surface area contributed by atoms with Crippen LogP contribution in [0.4, 0.5) is 0 Å². The number of benzene rings is 2. The third kappa shape index (κ3) is 5.04. The maximum atomic E-state index is 5.84. The largest absolute Gasteiger partial charge is 0.493 e. The fourth-order valence-electron chi connectivity index (χ4n) is 2.65. The zero-order chi connectivity index (χ0) is 20.3. The number of halogens is 1. The van der Waals surface area contributed by atoms with Gasteiger partial charge in [0.25, 0.3) is 5.89 Å². The molecular weight excluding hydrogens is 467 g/mol. The normalized spacial score (nSPS) is 11.3. The first kappa shape index (κ1) is 20.6. The Morgan fingerprint density at radius 2 is 1.71 bits per heavy atom. The summed E-state index contributed by atoms with van der Waals surface area (Å²) >= 11 is 2.26. The summed E-state index contributed by atoms with van der Waals surface area (Å²) in [4.78, 5) is 4.56. The maximum Gasteiger partial charge on any atom is 0.258 e. The summed E-state index contributed by atoms with van der Waals surface area (Å²) in [7, 11) is 0. The average Bonchev–Trinajstić information content (AvgIpc) is 3.12. The summed E-state index contributed by atoms with van der Waals surface area (Å²) in [5, 5.41) is 4.14. The van der Waals surface area contributed by atoms with Crippen LogP contribution < -0.4 is 9.47 Å². The van der Waals surface area contributed by atoms with Gasteiger partial charge in [0.2, 0.25) is 5.82 Å². The molecule has 0 spiro atoms. The molecule has 0 atom stereocenters. The second-order valence-corrected chi connectivity index (χ2v) is 8.58. The summed E-state index contributed by atoms with van der Waals surface area (Å²) in [6.45, 7) is 11.0. The van der Waals surface area contributed by atoms with Crippen molar-refractivity contribution < 1.29 is 14.0 Å². The fourth-order valence-corrected chi connectivity index (χ4v) is 3.29. The zero-order valence-electron chi connectivity index (χ0n) is 16.8. The van der Waals surface area contributed by atoms with Crippen molar-refractivity contribution in [3.63, 3.8) is 0 Å². The van der Waals surface area contributed by atoms with Crippen LogP contribution in [0, 0.1) is 16.4 Å². The molecule has 0 bridgehead atoms. The van der Waals surface area contributed by atoms with Crippen LogP contribution in [0.25, 0.3) is 22.8 Å². The first-order valence-electron chi connectivity index (χ1n) is 9.37. The number of hydrogen-bond donors (Lipinski definition) is 0. The monoisotopic (exact) mass is 492 g/mol. The first-order chi connectivity index (χ1) is 13.3. The Labute approximate surface area is 179 Å². The van der Waals surface area contributed by atoms with Crippen LogP contribution in [-0.2, 0) is 0 Å². The number of aromatic nitrogens is 2. The van der Waals surface area contributed by atoms with Crippen molar-refractivity contribution in [3.05, 3.63) is 45.5 Å². The van der Waals surface area contributed by atoms with Crippen LogP contribution in [0.2, 0.25) is 0 Å². The minimum Gasteiger partial charge on any atom is -0.493 e. The summed E-state index contributed by atoms with van der Waals surface area (Å²) in [5.74, 6) is 3.27. The lowest BCUT2D eigenvalue weighted by Gasteiger charge is -2.11. The minimum atomic E-state index is 0.131. The molecule has 1 aromatic heterocycles. The smallest absolute Gasteiger partial charge is 0.258 e. The van der Waals surface area contributed by atoms with Crippen LogP contribution in [0.1, 0.15) is 33.3 Å². The first-order valence-corrected chi connectivity index (χ1v) is 10.5. The SMILES string of the molecule is Cc1cc(-c2nc(-c3ccc(OC(C)C)c(I)c3)no2)ccc1OCC(C)C. The standard InChI is InChI=1S/C22H25IN2O3/c1-13(2)12-26-19-8-7-17(10-15(19)5)22-24-21(25-28-22)16-6-9-20(18(23)11-16)27-14(3)4/h6-11,13-14H,12H2,1-5H3. The lowest BCUT2D eigenvalue weighted by molar-refractivity contribution is 0.240. The van der Waals surface area contributed by atoms with Gasteiger partial charge in [-0.3, -0.25) is 0 Å². The number of hydrogen-bond acceptors (Lipinski definition) is 5. The molecule has 0 aliphatic rings. The highest BCUT2D eigenvalue weighted by atomic mass is 127. The van der Waals surface area contributed by atoms with Crippen molar-refractivity contribution in [2.24, 2.45) is 5.92 Å². The molecule has 0 saturated heterocycles. The topological polar surface area (TPSA) is 57.4 Å². The van der Waals surface area contributed by atoms with Gasteiger partial charge in [0.05, 0.1) is 16.3 Å². The molecule has 0 fully saturated rings. The maximum absolute atomic E-state index is 5.84. The molecule has 0 aliphatic carbocycles. The van der Waals surface area contributed by atoms with Gasteiger partial charge in [-0.2, -0.15) is 4.98 Å². The van der Waals surface area contributed by atoms with E-state index in [1.165, 1.54) is 0 Å². The molecule has 5 nitrogen and oxygen atoms in total. The minimum absolute atomic E-state index is 0.131. The fraction of sp³-hybridized carbons (Fsp3) is 0.364. The molecule has 6 heteroatoms. The van der Waals surface area contributed by atoms with E-state index in [-0.39, 0.29) is 6.10 Å². The highest BCUT2D eigenvalue weighted by Gasteiger charge is 2.14. The van der Waals surface area contributed by atoms with Gasteiger partial charge in [0.15, 0.2) is 0 Å². The number of rotatable bonds is 7. The van der Waals surface area contributed by atoms with Crippen LogP contribution in [0.3, 0.4) is 0 Å². The summed E-state index contributed by atoms with van der Waals surface area (Å²) in [5.41, 5.74) is 2.81. The Hall–Kier alpha value is -2.09. The van der Waals surface area contributed by atoms with Crippen molar-refractivity contribution >= 4 is 22.6 Å². The molecule has 28 heavy (non-hydrogen) atoms. The molecule has 0 N–H and O–H groups in total. The molecule has 0 amide bonds. The van der Waals surface area contributed by atoms with E-state index in [0.717, 1.165) is 31.8 Å². The summed E-state index contributed by atoms with van der Waals surface area (Å²) in [6, 6.07) is 11.8. The van der Waals surface area contributed by atoms with Crippen molar-refractivity contribution in [2.75, 3.05) is 6.61 Å². The van der Waals surface area contributed by atoms with Gasteiger partial charge in [0.1, 0.15) is 11.5 Å². The molecule has 0 aliphatic heterocycles. The average molecular weight is 492 g/mol. The molecule has 3 aromatic rings.